The van der Waals surface area contributed by atoms with E-state index >= 15 is 0 Å². The van der Waals surface area contributed by atoms with Crippen molar-refractivity contribution in [2.24, 2.45) is 0 Å². The molecule has 0 spiro atoms. The molecule has 0 saturated heterocycles. The zero-order chi connectivity index (χ0) is 13.8. The van der Waals surface area contributed by atoms with Crippen molar-refractivity contribution in [1.82, 2.24) is 0 Å². The maximum atomic E-state index is 10.8. The first kappa shape index (κ1) is 13.3. The number of furan rings is 1. The second kappa shape index (κ2) is 5.69. The number of hydrogen-bond donors (Lipinski definition) is 1. The normalized spacial score (nSPS) is 10.9. The van der Waals surface area contributed by atoms with Gasteiger partial charge in [-0.25, -0.2) is 4.79 Å². The van der Waals surface area contributed by atoms with E-state index in [0.717, 1.165) is 5.56 Å². The molecular weight excluding hydrogens is 248 g/mol. The zero-order valence-corrected chi connectivity index (χ0v) is 10.6. The summed E-state index contributed by atoms with van der Waals surface area (Å²) in [6.07, 6.45) is -0.549. The van der Waals surface area contributed by atoms with E-state index in [0.29, 0.717) is 11.5 Å². The van der Waals surface area contributed by atoms with Crippen molar-refractivity contribution in [1.29, 1.82) is 0 Å². The number of rotatable bonds is 5. The Hall–Kier alpha value is -2.11. The van der Waals surface area contributed by atoms with Crippen LogP contribution in [0.25, 0.3) is 11.3 Å². The van der Waals surface area contributed by atoms with Gasteiger partial charge in [0.1, 0.15) is 5.76 Å². The van der Waals surface area contributed by atoms with Crippen LogP contribution >= 0.6 is 0 Å². The van der Waals surface area contributed by atoms with Crippen LogP contribution in [-0.4, -0.2) is 25.3 Å². The van der Waals surface area contributed by atoms with Gasteiger partial charge in [0, 0.05) is 19.8 Å². The summed E-state index contributed by atoms with van der Waals surface area (Å²) in [5, 5.41) is 8.83. The summed E-state index contributed by atoms with van der Waals surface area (Å²) in [5.74, 6) is 0.235. The van der Waals surface area contributed by atoms with E-state index in [1.165, 1.54) is 26.4 Å². The Bertz CT molecular complexity index is 551. The molecule has 0 unspecified atom stereocenters. The van der Waals surface area contributed by atoms with Crippen LogP contribution in [0, 0.1) is 0 Å². The van der Waals surface area contributed by atoms with Crippen LogP contribution in [0.4, 0.5) is 0 Å². The van der Waals surface area contributed by atoms with Crippen LogP contribution < -0.4 is 0 Å². The molecule has 0 aliphatic carbocycles. The van der Waals surface area contributed by atoms with Gasteiger partial charge in [-0.15, -0.1) is 0 Å². The minimum Gasteiger partial charge on any atom is -0.478 e. The van der Waals surface area contributed by atoms with Crippen LogP contribution in [0.1, 0.15) is 22.4 Å². The van der Waals surface area contributed by atoms with Crippen molar-refractivity contribution in [2.75, 3.05) is 14.2 Å². The minimum absolute atomic E-state index is 0.238. The highest BCUT2D eigenvalue weighted by atomic mass is 16.7. The topological polar surface area (TPSA) is 68.9 Å². The molecule has 1 N–H and O–H groups in total. The average molecular weight is 262 g/mol. The van der Waals surface area contributed by atoms with Gasteiger partial charge < -0.3 is 19.0 Å². The first-order chi connectivity index (χ1) is 9.15. The van der Waals surface area contributed by atoms with Crippen LogP contribution in [-0.2, 0) is 9.47 Å². The summed E-state index contributed by atoms with van der Waals surface area (Å²) < 4.78 is 15.8. The van der Waals surface area contributed by atoms with Crippen molar-refractivity contribution in [3.05, 3.63) is 47.7 Å². The van der Waals surface area contributed by atoms with Crippen molar-refractivity contribution >= 4 is 5.97 Å². The fourth-order valence-electron chi connectivity index (χ4n) is 1.74. The molecule has 0 atom stereocenters. The maximum absolute atomic E-state index is 10.8. The summed E-state index contributed by atoms with van der Waals surface area (Å²) in [6.45, 7) is 0. The van der Waals surface area contributed by atoms with Gasteiger partial charge in [0.05, 0.1) is 5.56 Å². The van der Waals surface area contributed by atoms with Gasteiger partial charge in [0.25, 0.3) is 0 Å². The quantitative estimate of drug-likeness (QED) is 0.839. The van der Waals surface area contributed by atoms with Crippen LogP contribution in [0.3, 0.4) is 0 Å². The average Bonchev–Trinajstić information content (AvgIpc) is 2.90. The van der Waals surface area contributed by atoms with Gasteiger partial charge in [-0.3, -0.25) is 0 Å². The summed E-state index contributed by atoms with van der Waals surface area (Å²) in [5.41, 5.74) is 1.03. The smallest absolute Gasteiger partial charge is 0.335 e. The lowest BCUT2D eigenvalue weighted by Gasteiger charge is -2.09. The highest BCUT2D eigenvalue weighted by Crippen LogP contribution is 2.27. The van der Waals surface area contributed by atoms with Gasteiger partial charge in [0.15, 0.2) is 5.76 Å². The number of carboxylic acid groups (broad SMARTS) is 1. The molecule has 1 heterocycles. The Morgan fingerprint density at radius 2 is 1.74 bits per heavy atom. The first-order valence-corrected chi connectivity index (χ1v) is 5.64. The Morgan fingerprint density at radius 3 is 2.26 bits per heavy atom. The monoisotopic (exact) mass is 262 g/mol. The van der Waals surface area contributed by atoms with Crippen LogP contribution in [0.5, 0.6) is 0 Å². The Kier molecular flexibility index (Phi) is 3.99. The number of ether oxygens (including phenoxy) is 2. The lowest BCUT2D eigenvalue weighted by atomic mass is 10.1. The third kappa shape index (κ3) is 2.83. The van der Waals surface area contributed by atoms with Gasteiger partial charge in [-0.05, 0) is 24.3 Å². The molecule has 2 rings (SSSR count). The number of aromatic carboxylic acids is 1. The summed E-state index contributed by atoms with van der Waals surface area (Å²) in [6, 6.07) is 10.0. The number of carbonyl (C=O) groups is 1. The SMILES string of the molecule is COC(OC)c1ccc(-c2ccc(C(=O)O)cc2)o1. The van der Waals surface area contributed by atoms with Gasteiger partial charge >= 0.3 is 5.97 Å². The number of methoxy groups -OCH3 is 2. The van der Waals surface area contributed by atoms with Crippen molar-refractivity contribution in [3.8, 4) is 11.3 Å². The summed E-state index contributed by atoms with van der Waals surface area (Å²) in [7, 11) is 3.05. The van der Waals surface area contributed by atoms with Gasteiger partial charge in [-0.2, -0.15) is 0 Å². The number of carboxylic acids is 1. The molecule has 1 aromatic carbocycles. The maximum Gasteiger partial charge on any atom is 0.335 e. The van der Waals surface area contributed by atoms with E-state index in [-0.39, 0.29) is 5.56 Å². The molecule has 5 nitrogen and oxygen atoms in total. The highest BCUT2D eigenvalue weighted by molar-refractivity contribution is 5.88. The van der Waals surface area contributed by atoms with E-state index in [1.54, 1.807) is 24.3 Å². The molecule has 0 saturated carbocycles. The fourth-order valence-corrected chi connectivity index (χ4v) is 1.74. The zero-order valence-electron chi connectivity index (χ0n) is 10.6. The molecule has 19 heavy (non-hydrogen) atoms. The molecule has 100 valence electrons. The van der Waals surface area contributed by atoms with E-state index in [9.17, 15) is 4.79 Å². The lowest BCUT2D eigenvalue weighted by Crippen LogP contribution is -2.01. The Balaban J connectivity index is 2.25. The van der Waals surface area contributed by atoms with E-state index in [1.807, 2.05) is 0 Å². The standard InChI is InChI=1S/C14H14O5/c1-17-14(18-2)12-8-7-11(19-12)9-3-5-10(6-4-9)13(15)16/h3-8,14H,1-2H3,(H,15,16). The Morgan fingerprint density at radius 1 is 1.11 bits per heavy atom. The first-order valence-electron chi connectivity index (χ1n) is 5.64. The Labute approximate surface area is 110 Å². The molecule has 1 aromatic heterocycles. The molecule has 0 aliphatic rings. The van der Waals surface area contributed by atoms with Crippen LogP contribution in [0.2, 0.25) is 0 Å². The molecule has 0 amide bonds. The van der Waals surface area contributed by atoms with Crippen LogP contribution in [0.15, 0.2) is 40.8 Å². The summed E-state index contributed by atoms with van der Waals surface area (Å²) in [4.78, 5) is 10.8. The van der Waals surface area contributed by atoms with E-state index in [4.69, 9.17) is 19.0 Å². The second-order valence-corrected chi connectivity index (χ2v) is 3.89. The number of benzene rings is 1. The molecule has 5 heteroatoms. The molecule has 0 bridgehead atoms. The second-order valence-electron chi connectivity index (χ2n) is 3.89. The largest absolute Gasteiger partial charge is 0.478 e. The summed E-state index contributed by atoms with van der Waals surface area (Å²) >= 11 is 0. The number of hydrogen-bond acceptors (Lipinski definition) is 4. The fraction of sp³-hybridized carbons (Fsp3) is 0.214. The lowest BCUT2D eigenvalue weighted by molar-refractivity contribution is -0.117. The third-order valence-electron chi connectivity index (χ3n) is 2.70. The molecular formula is C14H14O5. The molecule has 2 aromatic rings. The minimum atomic E-state index is -0.953. The molecule has 0 aliphatic heterocycles. The van der Waals surface area contributed by atoms with E-state index in [2.05, 4.69) is 0 Å². The van der Waals surface area contributed by atoms with Gasteiger partial charge in [0.2, 0.25) is 6.29 Å². The highest BCUT2D eigenvalue weighted by Gasteiger charge is 2.14. The van der Waals surface area contributed by atoms with Gasteiger partial charge in [-0.1, -0.05) is 12.1 Å². The van der Waals surface area contributed by atoms with E-state index < -0.39 is 12.3 Å². The molecule has 0 fully saturated rings. The predicted molar refractivity (Wildman–Crippen MR) is 67.9 cm³/mol. The third-order valence-corrected chi connectivity index (χ3v) is 2.70. The van der Waals surface area contributed by atoms with Crippen molar-refractivity contribution < 1.29 is 23.8 Å². The van der Waals surface area contributed by atoms with Crippen molar-refractivity contribution in [3.63, 3.8) is 0 Å². The predicted octanol–water partition coefficient (Wildman–Crippen LogP) is 2.94. The van der Waals surface area contributed by atoms with Crippen molar-refractivity contribution in [2.45, 2.75) is 6.29 Å². The molecule has 0 radical (unpaired) electrons.